The van der Waals surface area contributed by atoms with Crippen molar-refractivity contribution in [2.75, 3.05) is 13.3 Å². The van der Waals surface area contributed by atoms with Crippen LogP contribution in [-0.2, 0) is 22.7 Å². The first-order valence-corrected chi connectivity index (χ1v) is 11.6. The van der Waals surface area contributed by atoms with Crippen molar-refractivity contribution in [3.8, 4) is 11.5 Å². The number of amides is 2. The smallest absolute Gasteiger partial charge is 0.242 e. The first kappa shape index (κ1) is 20.9. The molecule has 1 aromatic heterocycles. The molecule has 0 N–H and O–H groups in total. The van der Waals surface area contributed by atoms with E-state index < -0.39 is 0 Å². The molecule has 2 saturated carbocycles. The van der Waals surface area contributed by atoms with Gasteiger partial charge >= 0.3 is 0 Å². The van der Waals surface area contributed by atoms with Crippen molar-refractivity contribution < 1.29 is 23.5 Å². The van der Waals surface area contributed by atoms with Crippen LogP contribution < -0.4 is 9.47 Å². The van der Waals surface area contributed by atoms with Crippen LogP contribution in [0.25, 0.3) is 0 Å². The largest absolute Gasteiger partial charge is 0.464 e. The van der Waals surface area contributed by atoms with Crippen LogP contribution in [-0.4, -0.2) is 41.0 Å². The highest BCUT2D eigenvalue weighted by Gasteiger charge is 2.38. The molecule has 0 bridgehead atoms. The molecular weight excluding hydrogens is 408 g/mol. The second-order valence-electron chi connectivity index (χ2n) is 9.13. The molecular formula is C25H30N2O5. The highest BCUT2D eigenvalue weighted by Crippen LogP contribution is 2.34. The number of rotatable bonds is 8. The zero-order chi connectivity index (χ0) is 22.1. The summed E-state index contributed by atoms with van der Waals surface area (Å²) in [4.78, 5) is 30.2. The summed E-state index contributed by atoms with van der Waals surface area (Å²) in [5, 5.41) is 0. The summed E-state index contributed by atoms with van der Waals surface area (Å²) in [5.74, 6) is 3.14. The third-order valence-electron chi connectivity index (χ3n) is 6.59. The normalized spacial score (nSPS) is 17.5. The van der Waals surface area contributed by atoms with Crippen molar-refractivity contribution in [3.63, 3.8) is 0 Å². The van der Waals surface area contributed by atoms with Crippen LogP contribution in [0.15, 0.2) is 34.7 Å². The molecule has 0 spiro atoms. The number of hydrogen-bond acceptors (Lipinski definition) is 5. The van der Waals surface area contributed by atoms with E-state index in [0.717, 1.165) is 61.4 Å². The second kappa shape index (κ2) is 8.88. The predicted octanol–water partition coefficient (Wildman–Crippen LogP) is 4.03. The zero-order valence-electron chi connectivity index (χ0n) is 18.5. The van der Waals surface area contributed by atoms with Crippen molar-refractivity contribution in [1.82, 2.24) is 9.80 Å². The Morgan fingerprint density at radius 1 is 0.969 bits per heavy atom. The number of nitrogens with zero attached hydrogens (tertiary/aromatic N) is 2. The molecule has 2 aromatic rings. The molecule has 0 unspecified atom stereocenters. The Labute approximate surface area is 188 Å². The third-order valence-corrected chi connectivity index (χ3v) is 6.59. The number of carbonyl (C=O) groups is 2. The summed E-state index contributed by atoms with van der Waals surface area (Å²) < 4.78 is 16.7. The van der Waals surface area contributed by atoms with E-state index in [1.807, 2.05) is 42.2 Å². The summed E-state index contributed by atoms with van der Waals surface area (Å²) in [6.45, 7) is 3.00. The molecule has 7 nitrogen and oxygen atoms in total. The van der Waals surface area contributed by atoms with E-state index in [1.54, 1.807) is 4.90 Å². The molecule has 3 aliphatic rings. The van der Waals surface area contributed by atoms with Crippen LogP contribution in [0.5, 0.6) is 11.5 Å². The second-order valence-corrected chi connectivity index (χ2v) is 9.13. The lowest BCUT2D eigenvalue weighted by atomic mass is 10.1. The van der Waals surface area contributed by atoms with E-state index >= 15 is 0 Å². The van der Waals surface area contributed by atoms with Crippen molar-refractivity contribution in [2.24, 2.45) is 5.92 Å². The Morgan fingerprint density at radius 2 is 1.75 bits per heavy atom. The van der Waals surface area contributed by atoms with E-state index in [-0.39, 0.29) is 37.1 Å². The number of benzene rings is 1. The Balaban J connectivity index is 1.33. The van der Waals surface area contributed by atoms with E-state index in [0.29, 0.717) is 18.8 Å². The zero-order valence-corrected chi connectivity index (χ0v) is 18.5. The minimum absolute atomic E-state index is 0.0602. The lowest BCUT2D eigenvalue weighted by Crippen LogP contribution is -2.45. The minimum atomic E-state index is -0.0602. The fourth-order valence-corrected chi connectivity index (χ4v) is 4.68. The molecule has 2 heterocycles. The molecule has 2 amide bonds. The molecule has 170 valence electrons. The molecule has 1 aromatic carbocycles. The summed E-state index contributed by atoms with van der Waals surface area (Å²) in [7, 11) is 0. The third kappa shape index (κ3) is 4.61. The number of aryl methyl sites for hydroxylation is 1. The molecule has 7 heteroatoms. The predicted molar refractivity (Wildman–Crippen MR) is 117 cm³/mol. The Hall–Kier alpha value is -2.96. The quantitative estimate of drug-likeness (QED) is 0.622. The van der Waals surface area contributed by atoms with Gasteiger partial charge < -0.3 is 23.7 Å². The summed E-state index contributed by atoms with van der Waals surface area (Å²) in [6, 6.07) is 9.75. The van der Waals surface area contributed by atoms with Crippen LogP contribution in [0.2, 0.25) is 0 Å². The lowest BCUT2D eigenvalue weighted by molar-refractivity contribution is -0.144. The summed E-state index contributed by atoms with van der Waals surface area (Å²) in [5.41, 5.74) is 0.950. The van der Waals surface area contributed by atoms with Gasteiger partial charge in [0.15, 0.2) is 11.5 Å². The fraction of sp³-hybridized carbons (Fsp3) is 0.520. The van der Waals surface area contributed by atoms with Gasteiger partial charge in [-0.15, -0.1) is 0 Å². The maximum absolute atomic E-state index is 13.5. The summed E-state index contributed by atoms with van der Waals surface area (Å²) >= 11 is 0. The standard InChI is InChI=1S/C25H30N2O5/c1-17-6-10-21(32-17)14-26(13-18-7-11-22-23(12-18)31-16-30-22)24(28)15-27(20-8-9-20)25(29)19-4-2-3-5-19/h6-7,10-12,19-20H,2-5,8-9,13-16H2,1H3. The monoisotopic (exact) mass is 438 g/mol. The Kier molecular flexibility index (Phi) is 5.81. The first-order valence-electron chi connectivity index (χ1n) is 11.6. The van der Waals surface area contributed by atoms with Gasteiger partial charge in [0.25, 0.3) is 0 Å². The van der Waals surface area contributed by atoms with Crippen LogP contribution in [0.3, 0.4) is 0 Å². The van der Waals surface area contributed by atoms with Crippen LogP contribution in [0, 0.1) is 12.8 Å². The van der Waals surface area contributed by atoms with Gasteiger partial charge in [0.05, 0.1) is 6.54 Å². The highest BCUT2D eigenvalue weighted by atomic mass is 16.7. The van der Waals surface area contributed by atoms with Gasteiger partial charge in [-0.25, -0.2) is 0 Å². The van der Waals surface area contributed by atoms with E-state index in [4.69, 9.17) is 13.9 Å². The Morgan fingerprint density at radius 3 is 2.47 bits per heavy atom. The molecule has 0 atom stereocenters. The fourth-order valence-electron chi connectivity index (χ4n) is 4.68. The van der Waals surface area contributed by atoms with Gasteiger partial charge in [0.2, 0.25) is 18.6 Å². The molecule has 32 heavy (non-hydrogen) atoms. The van der Waals surface area contributed by atoms with Crippen LogP contribution in [0.1, 0.15) is 55.6 Å². The van der Waals surface area contributed by atoms with Gasteiger partial charge in [-0.2, -0.15) is 0 Å². The SMILES string of the molecule is Cc1ccc(CN(Cc2ccc3c(c2)OCO3)C(=O)CN(C(=O)C2CCCC2)C2CC2)o1. The topological polar surface area (TPSA) is 72.2 Å². The average molecular weight is 439 g/mol. The maximum Gasteiger partial charge on any atom is 0.242 e. The van der Waals surface area contributed by atoms with Gasteiger partial charge in [-0.3, -0.25) is 9.59 Å². The maximum atomic E-state index is 13.5. The highest BCUT2D eigenvalue weighted by molar-refractivity contribution is 5.86. The Bertz CT molecular complexity index is 990. The van der Waals surface area contributed by atoms with Gasteiger partial charge in [-0.1, -0.05) is 18.9 Å². The number of hydrogen-bond donors (Lipinski definition) is 0. The van der Waals surface area contributed by atoms with Crippen molar-refractivity contribution in [3.05, 3.63) is 47.4 Å². The van der Waals surface area contributed by atoms with Gasteiger partial charge in [0.1, 0.15) is 18.1 Å². The molecule has 0 radical (unpaired) electrons. The van der Waals surface area contributed by atoms with E-state index in [2.05, 4.69) is 0 Å². The first-order chi connectivity index (χ1) is 15.6. The van der Waals surface area contributed by atoms with E-state index in [9.17, 15) is 9.59 Å². The minimum Gasteiger partial charge on any atom is -0.464 e. The summed E-state index contributed by atoms with van der Waals surface area (Å²) in [6.07, 6.45) is 6.09. The van der Waals surface area contributed by atoms with Crippen molar-refractivity contribution in [1.29, 1.82) is 0 Å². The molecule has 2 aliphatic carbocycles. The number of fused-ring (bicyclic) bond motifs is 1. The van der Waals surface area contributed by atoms with Crippen molar-refractivity contribution in [2.45, 2.75) is 64.6 Å². The van der Waals surface area contributed by atoms with Gasteiger partial charge in [0, 0.05) is 18.5 Å². The van der Waals surface area contributed by atoms with Crippen molar-refractivity contribution >= 4 is 11.8 Å². The van der Waals surface area contributed by atoms with Gasteiger partial charge in [-0.05, 0) is 62.4 Å². The van der Waals surface area contributed by atoms with Crippen LogP contribution in [0.4, 0.5) is 0 Å². The lowest BCUT2D eigenvalue weighted by Gasteiger charge is -2.29. The number of furan rings is 1. The number of carbonyl (C=O) groups excluding carboxylic acids is 2. The van der Waals surface area contributed by atoms with E-state index in [1.165, 1.54) is 0 Å². The molecule has 0 saturated heterocycles. The average Bonchev–Trinajstić information content (AvgIpc) is 3.17. The molecule has 2 fully saturated rings. The van der Waals surface area contributed by atoms with Crippen LogP contribution >= 0.6 is 0 Å². The number of ether oxygens (including phenoxy) is 2. The molecule has 1 aliphatic heterocycles. The molecule has 5 rings (SSSR count).